The van der Waals surface area contributed by atoms with E-state index < -0.39 is 0 Å². The number of nitrogens with two attached hydrogens (primary N) is 1. The summed E-state index contributed by atoms with van der Waals surface area (Å²) in [5.74, 6) is 1.09. The van der Waals surface area contributed by atoms with Crippen molar-refractivity contribution >= 4 is 5.84 Å². The second-order valence-electron chi connectivity index (χ2n) is 5.54. The Morgan fingerprint density at radius 2 is 2.06 bits per heavy atom. The van der Waals surface area contributed by atoms with E-state index in [2.05, 4.69) is 23.9 Å². The third kappa shape index (κ3) is 5.39. The lowest BCUT2D eigenvalue weighted by Crippen LogP contribution is -2.40. The number of oxime groups is 1. The van der Waals surface area contributed by atoms with Crippen molar-refractivity contribution in [3.8, 4) is 0 Å². The topological polar surface area (TPSA) is 61.8 Å². The van der Waals surface area contributed by atoms with Crippen LogP contribution in [-0.2, 0) is 0 Å². The second kappa shape index (κ2) is 7.54. The first kappa shape index (κ1) is 14.3. The van der Waals surface area contributed by atoms with Crippen LogP contribution in [0.2, 0.25) is 0 Å². The molecule has 1 saturated carbocycles. The summed E-state index contributed by atoms with van der Waals surface area (Å²) in [5.41, 5.74) is 5.63. The summed E-state index contributed by atoms with van der Waals surface area (Å²) in [6, 6.07) is 0.641. The normalized spacial score (nSPS) is 18.5. The molecule has 4 nitrogen and oxygen atoms in total. The van der Waals surface area contributed by atoms with Crippen molar-refractivity contribution < 1.29 is 5.21 Å². The fourth-order valence-electron chi connectivity index (χ4n) is 2.60. The van der Waals surface area contributed by atoms with Gasteiger partial charge < -0.3 is 10.9 Å². The lowest BCUT2D eigenvalue weighted by Gasteiger charge is -2.28. The fraction of sp³-hybridized carbons (Fsp3) is 0.923. The molecule has 0 saturated heterocycles. The highest BCUT2D eigenvalue weighted by atomic mass is 16.4. The van der Waals surface area contributed by atoms with Crippen LogP contribution in [0.3, 0.4) is 0 Å². The molecule has 0 bridgehead atoms. The maximum absolute atomic E-state index is 8.68. The van der Waals surface area contributed by atoms with E-state index in [4.69, 9.17) is 10.9 Å². The zero-order valence-corrected chi connectivity index (χ0v) is 11.2. The molecule has 0 aromatic heterocycles. The molecule has 0 spiro atoms. The molecule has 3 N–H and O–H groups in total. The average Bonchev–Trinajstić information content (AvgIpc) is 2.80. The molecule has 1 aliphatic carbocycles. The Hall–Kier alpha value is -0.770. The number of hydrogen-bond acceptors (Lipinski definition) is 3. The van der Waals surface area contributed by atoms with Gasteiger partial charge in [-0.25, -0.2) is 0 Å². The first-order chi connectivity index (χ1) is 8.13. The summed E-state index contributed by atoms with van der Waals surface area (Å²) in [4.78, 5) is 2.39. The third-order valence-electron chi connectivity index (χ3n) is 3.56. The summed E-state index contributed by atoms with van der Waals surface area (Å²) < 4.78 is 0. The van der Waals surface area contributed by atoms with Gasteiger partial charge in [0.05, 0.1) is 6.54 Å². The van der Waals surface area contributed by atoms with E-state index in [1.807, 2.05) is 0 Å². The average molecular weight is 241 g/mol. The van der Waals surface area contributed by atoms with E-state index in [1.54, 1.807) is 0 Å². The predicted octanol–water partition coefficient (Wildman–Crippen LogP) is 2.41. The fourth-order valence-corrected chi connectivity index (χ4v) is 2.60. The Bertz CT molecular complexity index is 235. The van der Waals surface area contributed by atoms with E-state index in [1.165, 1.54) is 38.5 Å². The van der Waals surface area contributed by atoms with Crippen LogP contribution in [0.1, 0.15) is 52.4 Å². The van der Waals surface area contributed by atoms with Gasteiger partial charge in [0.2, 0.25) is 0 Å². The van der Waals surface area contributed by atoms with Crippen molar-refractivity contribution in [1.29, 1.82) is 0 Å². The van der Waals surface area contributed by atoms with Crippen molar-refractivity contribution in [2.24, 2.45) is 16.8 Å². The molecule has 17 heavy (non-hydrogen) atoms. The van der Waals surface area contributed by atoms with Crippen LogP contribution < -0.4 is 5.73 Å². The Labute approximate surface area is 105 Å². The highest BCUT2D eigenvalue weighted by molar-refractivity contribution is 5.81. The predicted molar refractivity (Wildman–Crippen MR) is 71.3 cm³/mol. The lowest BCUT2D eigenvalue weighted by molar-refractivity contribution is 0.215. The van der Waals surface area contributed by atoms with E-state index in [0.29, 0.717) is 18.4 Å². The highest BCUT2D eigenvalue weighted by Gasteiger charge is 2.22. The van der Waals surface area contributed by atoms with Gasteiger partial charge in [-0.2, -0.15) is 0 Å². The maximum Gasteiger partial charge on any atom is 0.153 e. The van der Waals surface area contributed by atoms with Gasteiger partial charge in [0.25, 0.3) is 0 Å². The van der Waals surface area contributed by atoms with Crippen LogP contribution in [0.5, 0.6) is 0 Å². The van der Waals surface area contributed by atoms with Crippen LogP contribution in [0, 0.1) is 5.92 Å². The Balaban J connectivity index is 2.40. The summed E-state index contributed by atoms with van der Waals surface area (Å²) in [7, 11) is 0. The van der Waals surface area contributed by atoms with Crippen molar-refractivity contribution in [1.82, 2.24) is 4.90 Å². The molecular formula is C13H27N3O. The summed E-state index contributed by atoms with van der Waals surface area (Å²) in [6.07, 6.45) is 7.62. The Morgan fingerprint density at radius 3 is 2.59 bits per heavy atom. The minimum absolute atomic E-state index is 0.335. The lowest BCUT2D eigenvalue weighted by atomic mass is 10.1. The molecular weight excluding hydrogens is 214 g/mol. The molecule has 0 atom stereocenters. The molecule has 0 aromatic carbocycles. The monoisotopic (exact) mass is 241 g/mol. The SMILES string of the molecule is CC(C)CCCN(CC(N)=NO)C1CCCC1. The van der Waals surface area contributed by atoms with Gasteiger partial charge in [0.15, 0.2) is 5.84 Å². The maximum atomic E-state index is 8.68. The molecule has 0 unspecified atom stereocenters. The largest absolute Gasteiger partial charge is 0.409 e. The van der Waals surface area contributed by atoms with Gasteiger partial charge in [-0.15, -0.1) is 0 Å². The van der Waals surface area contributed by atoms with E-state index in [9.17, 15) is 0 Å². The summed E-state index contributed by atoms with van der Waals surface area (Å²) >= 11 is 0. The molecule has 0 aromatic rings. The van der Waals surface area contributed by atoms with Gasteiger partial charge >= 0.3 is 0 Å². The van der Waals surface area contributed by atoms with Gasteiger partial charge in [0.1, 0.15) is 0 Å². The molecule has 0 aliphatic heterocycles. The van der Waals surface area contributed by atoms with Crippen LogP contribution in [0.4, 0.5) is 0 Å². The van der Waals surface area contributed by atoms with Crippen LogP contribution in [0.25, 0.3) is 0 Å². The van der Waals surface area contributed by atoms with Gasteiger partial charge in [-0.3, -0.25) is 4.90 Å². The van der Waals surface area contributed by atoms with Crippen LogP contribution in [-0.4, -0.2) is 35.1 Å². The van der Waals surface area contributed by atoms with E-state index in [-0.39, 0.29) is 0 Å². The van der Waals surface area contributed by atoms with Crippen molar-refractivity contribution in [2.75, 3.05) is 13.1 Å². The van der Waals surface area contributed by atoms with E-state index in [0.717, 1.165) is 12.5 Å². The minimum Gasteiger partial charge on any atom is -0.409 e. The molecule has 1 rings (SSSR count). The first-order valence-electron chi connectivity index (χ1n) is 6.84. The van der Waals surface area contributed by atoms with E-state index >= 15 is 0 Å². The zero-order valence-electron chi connectivity index (χ0n) is 11.2. The molecule has 1 fully saturated rings. The highest BCUT2D eigenvalue weighted by Crippen LogP contribution is 2.23. The van der Waals surface area contributed by atoms with Crippen LogP contribution >= 0.6 is 0 Å². The smallest absolute Gasteiger partial charge is 0.153 e. The number of hydrogen-bond donors (Lipinski definition) is 2. The summed E-state index contributed by atoms with van der Waals surface area (Å²) in [6.45, 7) is 6.19. The van der Waals surface area contributed by atoms with Crippen LogP contribution in [0.15, 0.2) is 5.16 Å². The molecule has 0 radical (unpaired) electrons. The Kier molecular flexibility index (Phi) is 6.34. The minimum atomic E-state index is 0.335. The first-order valence-corrected chi connectivity index (χ1v) is 6.84. The number of rotatable bonds is 7. The van der Waals surface area contributed by atoms with Crippen molar-refractivity contribution in [3.63, 3.8) is 0 Å². The number of nitrogens with zero attached hydrogens (tertiary/aromatic N) is 2. The van der Waals surface area contributed by atoms with Gasteiger partial charge in [0, 0.05) is 6.04 Å². The molecule has 0 heterocycles. The standard InChI is InChI=1S/C13H27N3O/c1-11(2)6-5-9-16(10-13(14)15-17)12-7-3-4-8-12/h11-12,17H,3-10H2,1-2H3,(H2,14,15). The van der Waals surface area contributed by atoms with Gasteiger partial charge in [-0.1, -0.05) is 31.8 Å². The molecule has 0 amide bonds. The molecule has 4 heteroatoms. The van der Waals surface area contributed by atoms with Crippen molar-refractivity contribution in [3.05, 3.63) is 0 Å². The number of amidine groups is 1. The third-order valence-corrected chi connectivity index (χ3v) is 3.56. The van der Waals surface area contributed by atoms with Gasteiger partial charge in [-0.05, 0) is 38.1 Å². The van der Waals surface area contributed by atoms with Crippen molar-refractivity contribution in [2.45, 2.75) is 58.4 Å². The quantitative estimate of drug-likeness (QED) is 0.311. The summed E-state index contributed by atoms with van der Waals surface area (Å²) in [5, 5.41) is 11.8. The second-order valence-corrected chi connectivity index (χ2v) is 5.54. The zero-order chi connectivity index (χ0) is 12.7. The Morgan fingerprint density at radius 1 is 1.41 bits per heavy atom. The molecule has 100 valence electrons. The molecule has 1 aliphatic rings.